The predicted molar refractivity (Wildman–Crippen MR) is 89.6 cm³/mol. The van der Waals surface area contributed by atoms with E-state index in [2.05, 4.69) is 4.98 Å². The summed E-state index contributed by atoms with van der Waals surface area (Å²) in [6.45, 7) is 1.38. The first-order chi connectivity index (χ1) is 12.1. The number of carboxylic acid groups (broad SMARTS) is 1. The lowest BCUT2D eigenvalue weighted by Crippen LogP contribution is -2.29. The maximum absolute atomic E-state index is 12.7. The summed E-state index contributed by atoms with van der Waals surface area (Å²) in [5, 5.41) is 9.10. The second-order valence-electron chi connectivity index (χ2n) is 6.96. The van der Waals surface area contributed by atoms with E-state index in [1.165, 1.54) is 6.39 Å². The molecule has 1 aromatic heterocycles. The Morgan fingerprint density at radius 2 is 2.12 bits per heavy atom. The van der Waals surface area contributed by atoms with Crippen molar-refractivity contribution in [1.82, 2.24) is 9.88 Å². The van der Waals surface area contributed by atoms with E-state index in [0.29, 0.717) is 36.2 Å². The van der Waals surface area contributed by atoms with Crippen LogP contribution in [0.2, 0.25) is 0 Å². The number of hydrogen-bond donors (Lipinski definition) is 1. The van der Waals surface area contributed by atoms with Crippen molar-refractivity contribution in [1.29, 1.82) is 0 Å². The Morgan fingerprint density at radius 3 is 2.88 bits per heavy atom. The Labute approximate surface area is 145 Å². The molecule has 1 saturated heterocycles. The van der Waals surface area contributed by atoms with Crippen LogP contribution < -0.4 is 0 Å². The maximum atomic E-state index is 12.7. The molecule has 1 unspecified atom stereocenters. The van der Waals surface area contributed by atoms with E-state index >= 15 is 0 Å². The van der Waals surface area contributed by atoms with Gasteiger partial charge in [0.15, 0.2) is 12.1 Å². The summed E-state index contributed by atoms with van der Waals surface area (Å²) in [6, 6.07) is 7.03. The molecule has 2 aliphatic rings. The van der Waals surface area contributed by atoms with Crippen LogP contribution >= 0.6 is 0 Å². The van der Waals surface area contributed by atoms with Crippen molar-refractivity contribution in [3.8, 4) is 0 Å². The average molecular weight is 340 g/mol. The molecule has 130 valence electrons. The fraction of sp³-hybridized carbons (Fsp3) is 0.421. The highest BCUT2D eigenvalue weighted by Gasteiger charge is 2.35. The van der Waals surface area contributed by atoms with Crippen molar-refractivity contribution in [2.75, 3.05) is 13.1 Å². The highest BCUT2D eigenvalue weighted by molar-refractivity contribution is 5.93. The van der Waals surface area contributed by atoms with Crippen LogP contribution in [0.5, 0.6) is 0 Å². The first-order valence-electron chi connectivity index (χ1n) is 8.66. The second-order valence-corrected chi connectivity index (χ2v) is 6.96. The lowest BCUT2D eigenvalue weighted by atomic mass is 9.97. The Balaban J connectivity index is 1.41. The summed E-state index contributed by atoms with van der Waals surface area (Å²) >= 11 is 0. The second kappa shape index (κ2) is 6.35. The van der Waals surface area contributed by atoms with Crippen LogP contribution in [0.1, 0.15) is 57.4 Å². The van der Waals surface area contributed by atoms with E-state index < -0.39 is 5.97 Å². The SMILES string of the molecule is O=C(O)c1cccc(CC2CCN(C(=O)c3ncoc3C3CC3)C2)c1. The van der Waals surface area contributed by atoms with Crippen molar-refractivity contribution in [2.45, 2.75) is 31.6 Å². The number of benzene rings is 1. The molecular weight excluding hydrogens is 320 g/mol. The lowest BCUT2D eigenvalue weighted by Gasteiger charge is -2.16. The van der Waals surface area contributed by atoms with Crippen LogP contribution in [0.25, 0.3) is 0 Å². The number of amides is 1. The van der Waals surface area contributed by atoms with E-state index in [9.17, 15) is 9.59 Å². The monoisotopic (exact) mass is 340 g/mol. The molecule has 0 radical (unpaired) electrons. The van der Waals surface area contributed by atoms with Gasteiger partial charge in [-0.2, -0.15) is 0 Å². The van der Waals surface area contributed by atoms with Crippen LogP contribution in [0.3, 0.4) is 0 Å². The molecule has 25 heavy (non-hydrogen) atoms. The number of carbonyl (C=O) groups is 2. The van der Waals surface area contributed by atoms with Gasteiger partial charge < -0.3 is 14.4 Å². The molecule has 0 bridgehead atoms. The summed E-state index contributed by atoms with van der Waals surface area (Å²) < 4.78 is 5.41. The average Bonchev–Trinajstić information content (AvgIpc) is 3.15. The first-order valence-corrected chi connectivity index (χ1v) is 8.66. The molecule has 2 fully saturated rings. The fourth-order valence-corrected chi connectivity index (χ4v) is 3.55. The smallest absolute Gasteiger partial charge is 0.335 e. The highest BCUT2D eigenvalue weighted by Crippen LogP contribution is 2.41. The van der Waals surface area contributed by atoms with Gasteiger partial charge in [0.1, 0.15) is 5.76 Å². The van der Waals surface area contributed by atoms with Gasteiger partial charge in [-0.1, -0.05) is 12.1 Å². The first kappa shape index (κ1) is 15.9. The molecule has 1 amide bonds. The Bertz CT molecular complexity index is 809. The molecule has 1 N–H and O–H groups in total. The Morgan fingerprint density at radius 1 is 1.28 bits per heavy atom. The van der Waals surface area contributed by atoms with E-state index in [-0.39, 0.29) is 5.91 Å². The van der Waals surface area contributed by atoms with Crippen LogP contribution in [-0.2, 0) is 6.42 Å². The van der Waals surface area contributed by atoms with Crippen LogP contribution in [0, 0.1) is 5.92 Å². The van der Waals surface area contributed by atoms with Crippen molar-refractivity contribution < 1.29 is 19.1 Å². The molecule has 1 aliphatic heterocycles. The molecule has 6 nitrogen and oxygen atoms in total. The van der Waals surface area contributed by atoms with Gasteiger partial charge in [-0.15, -0.1) is 0 Å². The minimum absolute atomic E-state index is 0.0440. The van der Waals surface area contributed by atoms with Gasteiger partial charge >= 0.3 is 5.97 Å². The summed E-state index contributed by atoms with van der Waals surface area (Å²) in [4.78, 5) is 29.8. The molecule has 2 heterocycles. The van der Waals surface area contributed by atoms with Gasteiger partial charge in [0.05, 0.1) is 5.56 Å². The van der Waals surface area contributed by atoms with Crippen LogP contribution in [0.4, 0.5) is 0 Å². The minimum atomic E-state index is -0.913. The third kappa shape index (κ3) is 3.29. The topological polar surface area (TPSA) is 83.6 Å². The van der Waals surface area contributed by atoms with Crippen molar-refractivity contribution in [2.24, 2.45) is 5.92 Å². The van der Waals surface area contributed by atoms with E-state index in [4.69, 9.17) is 9.52 Å². The number of carbonyl (C=O) groups excluding carboxylic acids is 1. The van der Waals surface area contributed by atoms with Crippen molar-refractivity contribution >= 4 is 11.9 Å². The van der Waals surface area contributed by atoms with Gasteiger partial charge in [-0.05, 0) is 49.3 Å². The minimum Gasteiger partial charge on any atom is -0.478 e. The molecule has 1 saturated carbocycles. The molecule has 0 spiro atoms. The molecule has 6 heteroatoms. The quantitative estimate of drug-likeness (QED) is 0.905. The summed E-state index contributed by atoms with van der Waals surface area (Å²) in [5.41, 5.74) is 1.77. The lowest BCUT2D eigenvalue weighted by molar-refractivity contribution is 0.0696. The van der Waals surface area contributed by atoms with Gasteiger partial charge in [-0.3, -0.25) is 4.79 Å². The van der Waals surface area contributed by atoms with Crippen LogP contribution in [-0.4, -0.2) is 40.0 Å². The number of rotatable bonds is 5. The number of aromatic carboxylic acids is 1. The zero-order valence-corrected chi connectivity index (χ0v) is 13.9. The maximum Gasteiger partial charge on any atom is 0.335 e. The fourth-order valence-electron chi connectivity index (χ4n) is 3.55. The number of hydrogen-bond acceptors (Lipinski definition) is 4. The highest BCUT2D eigenvalue weighted by atomic mass is 16.4. The molecule has 1 aliphatic carbocycles. The zero-order valence-electron chi connectivity index (χ0n) is 13.9. The van der Waals surface area contributed by atoms with Gasteiger partial charge in [0.2, 0.25) is 0 Å². The number of oxazole rings is 1. The predicted octanol–water partition coefficient (Wildman–Crippen LogP) is 2.96. The van der Waals surface area contributed by atoms with E-state index in [1.807, 2.05) is 11.0 Å². The summed E-state index contributed by atoms with van der Waals surface area (Å²) in [6.07, 6.45) is 5.20. The third-order valence-electron chi connectivity index (χ3n) is 5.02. The molecule has 1 aromatic carbocycles. The van der Waals surface area contributed by atoms with Gasteiger partial charge in [-0.25, -0.2) is 9.78 Å². The van der Waals surface area contributed by atoms with Crippen molar-refractivity contribution in [3.05, 3.63) is 53.2 Å². The normalized spacial score (nSPS) is 20.0. The van der Waals surface area contributed by atoms with Gasteiger partial charge in [0.25, 0.3) is 5.91 Å². The summed E-state index contributed by atoms with van der Waals surface area (Å²) in [5.74, 6) is 0.478. The zero-order chi connectivity index (χ0) is 17.4. The Hall–Kier alpha value is -2.63. The molecular formula is C19H20N2O4. The molecule has 2 aromatic rings. The summed E-state index contributed by atoms with van der Waals surface area (Å²) in [7, 11) is 0. The van der Waals surface area contributed by atoms with E-state index in [0.717, 1.165) is 37.0 Å². The molecule has 1 atom stereocenters. The number of likely N-dealkylation sites (tertiary alicyclic amines) is 1. The number of aromatic nitrogens is 1. The van der Waals surface area contributed by atoms with Crippen molar-refractivity contribution in [3.63, 3.8) is 0 Å². The van der Waals surface area contributed by atoms with E-state index in [1.54, 1.807) is 18.2 Å². The number of nitrogens with zero attached hydrogens (tertiary/aromatic N) is 2. The molecule has 4 rings (SSSR count). The van der Waals surface area contributed by atoms with Gasteiger partial charge in [0, 0.05) is 19.0 Å². The number of carboxylic acids is 1. The Kier molecular flexibility index (Phi) is 4.03. The third-order valence-corrected chi connectivity index (χ3v) is 5.02. The largest absolute Gasteiger partial charge is 0.478 e. The van der Waals surface area contributed by atoms with Crippen LogP contribution in [0.15, 0.2) is 35.1 Å². The standard InChI is InChI=1S/C19H20N2O4/c22-18(16-17(14-4-5-14)25-11-20-16)21-7-6-13(10-21)8-12-2-1-3-15(9-12)19(23)24/h1-3,9,11,13-14H,4-8,10H2,(H,23,24).